The lowest BCUT2D eigenvalue weighted by molar-refractivity contribution is -0.142. The predicted molar refractivity (Wildman–Crippen MR) is 123 cm³/mol. The summed E-state index contributed by atoms with van der Waals surface area (Å²) in [4.78, 5) is 48.0. The van der Waals surface area contributed by atoms with Crippen LogP contribution in [-0.2, 0) is 36.7 Å². The summed E-state index contributed by atoms with van der Waals surface area (Å²) in [6.45, 7) is 8.93. The van der Waals surface area contributed by atoms with Crippen LogP contribution < -0.4 is 10.6 Å². The molecule has 0 aliphatic heterocycles. The molecule has 0 fully saturated rings. The highest BCUT2D eigenvalue weighted by Gasteiger charge is 2.29. The third-order valence-corrected chi connectivity index (χ3v) is 4.64. The Morgan fingerprint density at radius 1 is 0.970 bits per heavy atom. The molecule has 3 N–H and O–H groups in total. The number of alkyl carbamates (subject to hydrolysis) is 1. The molecule has 0 spiro atoms. The summed E-state index contributed by atoms with van der Waals surface area (Å²) in [5.41, 5.74) is 0.902. The molecule has 9 nitrogen and oxygen atoms in total. The van der Waals surface area contributed by atoms with Crippen molar-refractivity contribution in [3.05, 3.63) is 35.4 Å². The van der Waals surface area contributed by atoms with Crippen molar-refractivity contribution in [3.8, 4) is 0 Å². The molecule has 0 heterocycles. The van der Waals surface area contributed by atoms with E-state index in [2.05, 4.69) is 15.4 Å². The zero-order chi connectivity index (χ0) is 25.2. The van der Waals surface area contributed by atoms with Crippen molar-refractivity contribution in [3.63, 3.8) is 0 Å². The molecular formula is C24H36N2O7. The predicted octanol–water partition coefficient (Wildman–Crippen LogP) is 2.84. The number of aryl methyl sites for hydroxylation is 1. The van der Waals surface area contributed by atoms with Gasteiger partial charge in [0, 0.05) is 12.8 Å². The van der Waals surface area contributed by atoms with E-state index in [0.29, 0.717) is 18.4 Å². The number of carbonyl (C=O) groups excluding carboxylic acids is 3. The first-order valence-electron chi connectivity index (χ1n) is 11.0. The second kappa shape index (κ2) is 12.8. The van der Waals surface area contributed by atoms with Crippen molar-refractivity contribution in [2.24, 2.45) is 5.92 Å². The van der Waals surface area contributed by atoms with Gasteiger partial charge in [0.1, 0.15) is 17.7 Å². The van der Waals surface area contributed by atoms with E-state index in [4.69, 9.17) is 4.74 Å². The monoisotopic (exact) mass is 464 g/mol. The van der Waals surface area contributed by atoms with E-state index in [-0.39, 0.29) is 24.7 Å². The van der Waals surface area contributed by atoms with Crippen LogP contribution in [0.3, 0.4) is 0 Å². The summed E-state index contributed by atoms with van der Waals surface area (Å²) in [6, 6.07) is 5.05. The lowest BCUT2D eigenvalue weighted by Gasteiger charge is -2.25. The van der Waals surface area contributed by atoms with Crippen molar-refractivity contribution in [2.75, 3.05) is 7.11 Å². The molecule has 0 radical (unpaired) electrons. The van der Waals surface area contributed by atoms with Crippen LogP contribution in [0.2, 0.25) is 0 Å². The molecule has 0 aliphatic carbocycles. The molecule has 1 rings (SSSR count). The number of benzene rings is 1. The van der Waals surface area contributed by atoms with Crippen LogP contribution >= 0.6 is 0 Å². The Balaban J connectivity index is 2.82. The van der Waals surface area contributed by atoms with E-state index >= 15 is 0 Å². The van der Waals surface area contributed by atoms with E-state index in [0.717, 1.165) is 5.56 Å². The number of hydrogen-bond donors (Lipinski definition) is 3. The molecule has 9 heteroatoms. The molecule has 33 heavy (non-hydrogen) atoms. The Morgan fingerprint density at radius 2 is 1.55 bits per heavy atom. The minimum absolute atomic E-state index is 0.0686. The summed E-state index contributed by atoms with van der Waals surface area (Å²) in [5.74, 6) is -1.99. The summed E-state index contributed by atoms with van der Waals surface area (Å²) in [5, 5.41) is 14.7. The Bertz CT molecular complexity index is 813. The topological polar surface area (TPSA) is 131 Å². The van der Waals surface area contributed by atoms with Crippen LogP contribution in [0.1, 0.15) is 58.6 Å². The third kappa shape index (κ3) is 11.4. The van der Waals surface area contributed by atoms with Crippen molar-refractivity contribution >= 4 is 23.9 Å². The van der Waals surface area contributed by atoms with Gasteiger partial charge in [-0.15, -0.1) is 0 Å². The SMILES string of the molecule is COC(=O)CCc1ccc(C[C@H](NC(=O)[C@H](CC(C)C)NC(=O)OC(C)(C)C)C(=O)O)cc1. The zero-order valence-corrected chi connectivity index (χ0v) is 20.3. The summed E-state index contributed by atoms with van der Waals surface area (Å²) in [6.07, 6.45) is 0.425. The van der Waals surface area contributed by atoms with Crippen molar-refractivity contribution in [1.29, 1.82) is 0 Å². The number of carboxylic acids is 1. The normalized spacial score (nSPS) is 13.1. The number of amides is 2. The van der Waals surface area contributed by atoms with Crippen molar-refractivity contribution < 1.29 is 33.8 Å². The maximum Gasteiger partial charge on any atom is 0.408 e. The molecule has 0 aliphatic rings. The Hall–Kier alpha value is -3.10. The minimum atomic E-state index is -1.18. The summed E-state index contributed by atoms with van der Waals surface area (Å²) in [7, 11) is 1.33. The second-order valence-corrected chi connectivity index (χ2v) is 9.32. The van der Waals surface area contributed by atoms with Gasteiger partial charge in [0.05, 0.1) is 7.11 Å². The van der Waals surface area contributed by atoms with Gasteiger partial charge >= 0.3 is 18.0 Å². The summed E-state index contributed by atoms with van der Waals surface area (Å²) < 4.78 is 9.85. The second-order valence-electron chi connectivity index (χ2n) is 9.32. The standard InChI is InChI=1S/C24H36N2O7/c1-15(2)13-18(26-23(31)33-24(3,4)5)21(28)25-19(22(29)30)14-17-9-7-16(8-10-17)11-12-20(27)32-6/h7-10,15,18-19H,11-14H2,1-6H3,(H,25,28)(H,26,31)(H,29,30)/t18-,19-/m0/s1. The van der Waals surface area contributed by atoms with E-state index in [1.807, 2.05) is 26.0 Å². The minimum Gasteiger partial charge on any atom is -0.480 e. The zero-order valence-electron chi connectivity index (χ0n) is 20.3. The van der Waals surface area contributed by atoms with Crippen LogP contribution in [0.25, 0.3) is 0 Å². The van der Waals surface area contributed by atoms with Crippen LogP contribution in [0.5, 0.6) is 0 Å². The van der Waals surface area contributed by atoms with E-state index in [9.17, 15) is 24.3 Å². The third-order valence-electron chi connectivity index (χ3n) is 4.64. The number of rotatable bonds is 11. The first-order valence-corrected chi connectivity index (χ1v) is 11.0. The number of carboxylic acid groups (broad SMARTS) is 1. The van der Waals surface area contributed by atoms with Crippen molar-refractivity contribution in [1.82, 2.24) is 10.6 Å². The molecule has 1 aromatic carbocycles. The number of aliphatic carboxylic acids is 1. The van der Waals surface area contributed by atoms with E-state index in [1.54, 1.807) is 32.9 Å². The van der Waals surface area contributed by atoms with Gasteiger partial charge in [-0.2, -0.15) is 0 Å². The van der Waals surface area contributed by atoms with Gasteiger partial charge < -0.3 is 25.2 Å². The van der Waals surface area contributed by atoms with Gasteiger partial charge in [-0.25, -0.2) is 9.59 Å². The average Bonchev–Trinajstić information content (AvgIpc) is 2.70. The van der Waals surface area contributed by atoms with Gasteiger partial charge in [-0.3, -0.25) is 9.59 Å². The lowest BCUT2D eigenvalue weighted by atomic mass is 10.0. The van der Waals surface area contributed by atoms with Crippen LogP contribution in [0, 0.1) is 5.92 Å². The molecular weight excluding hydrogens is 428 g/mol. The Morgan fingerprint density at radius 3 is 2.03 bits per heavy atom. The maximum absolute atomic E-state index is 12.8. The fourth-order valence-corrected chi connectivity index (χ4v) is 3.05. The fourth-order valence-electron chi connectivity index (χ4n) is 3.05. The highest BCUT2D eigenvalue weighted by atomic mass is 16.6. The average molecular weight is 465 g/mol. The number of carbonyl (C=O) groups is 4. The van der Waals surface area contributed by atoms with Crippen LogP contribution in [-0.4, -0.2) is 53.8 Å². The smallest absolute Gasteiger partial charge is 0.408 e. The van der Waals surface area contributed by atoms with Gasteiger partial charge in [-0.1, -0.05) is 38.1 Å². The quantitative estimate of drug-likeness (QED) is 0.429. The lowest BCUT2D eigenvalue weighted by Crippen LogP contribution is -2.53. The number of ether oxygens (including phenoxy) is 2. The van der Waals surface area contributed by atoms with Crippen molar-refractivity contribution in [2.45, 2.75) is 78.0 Å². The fraction of sp³-hybridized carbons (Fsp3) is 0.583. The van der Waals surface area contributed by atoms with Gasteiger partial charge in [0.25, 0.3) is 0 Å². The Kier molecular flexibility index (Phi) is 10.8. The molecule has 0 saturated heterocycles. The van der Waals surface area contributed by atoms with E-state index in [1.165, 1.54) is 7.11 Å². The molecule has 1 aromatic rings. The first kappa shape index (κ1) is 27.9. The molecule has 0 bridgehead atoms. The highest BCUT2D eigenvalue weighted by molar-refractivity contribution is 5.89. The summed E-state index contributed by atoms with van der Waals surface area (Å²) >= 11 is 0. The molecule has 0 aromatic heterocycles. The molecule has 2 atom stereocenters. The highest BCUT2D eigenvalue weighted by Crippen LogP contribution is 2.12. The first-order chi connectivity index (χ1) is 15.3. The van der Waals surface area contributed by atoms with E-state index < -0.39 is 35.7 Å². The molecule has 2 amide bonds. The molecule has 184 valence electrons. The molecule has 0 unspecified atom stereocenters. The number of nitrogens with one attached hydrogen (secondary N) is 2. The van der Waals surface area contributed by atoms with Gasteiger partial charge in [-0.05, 0) is 50.7 Å². The number of hydrogen-bond acceptors (Lipinski definition) is 6. The number of methoxy groups -OCH3 is 1. The maximum atomic E-state index is 12.8. The van der Waals surface area contributed by atoms with Gasteiger partial charge in [0.15, 0.2) is 0 Å². The van der Waals surface area contributed by atoms with Crippen LogP contribution in [0.4, 0.5) is 4.79 Å². The number of esters is 1. The van der Waals surface area contributed by atoms with Crippen LogP contribution in [0.15, 0.2) is 24.3 Å². The van der Waals surface area contributed by atoms with Gasteiger partial charge in [0.2, 0.25) is 5.91 Å². The largest absolute Gasteiger partial charge is 0.480 e. The Labute approximate surface area is 195 Å². The molecule has 0 saturated carbocycles.